The maximum absolute atomic E-state index is 9.35. The smallest absolute Gasteiger partial charge is 0.266 e. The fourth-order valence-electron chi connectivity index (χ4n) is 3.15. The van der Waals surface area contributed by atoms with E-state index in [1.165, 1.54) is 11.1 Å². The normalized spacial score (nSPS) is 13.7. The molecule has 1 aliphatic heterocycles. The van der Waals surface area contributed by atoms with Gasteiger partial charge in [0.25, 0.3) is 5.89 Å². The molecule has 3 aromatic rings. The van der Waals surface area contributed by atoms with Gasteiger partial charge in [-0.2, -0.15) is 10.2 Å². The highest BCUT2D eigenvalue weighted by Gasteiger charge is 2.24. The first kappa shape index (κ1) is 17.2. The molecule has 0 bridgehead atoms. The lowest BCUT2D eigenvalue weighted by atomic mass is 10.1. The van der Waals surface area contributed by atoms with Crippen LogP contribution in [-0.4, -0.2) is 18.1 Å². The van der Waals surface area contributed by atoms with Crippen LogP contribution in [-0.2, 0) is 6.61 Å². The van der Waals surface area contributed by atoms with Gasteiger partial charge in [-0.05, 0) is 62.1 Å². The van der Waals surface area contributed by atoms with Gasteiger partial charge >= 0.3 is 0 Å². The van der Waals surface area contributed by atoms with Gasteiger partial charge in [-0.15, -0.1) is 0 Å². The van der Waals surface area contributed by atoms with E-state index in [0.717, 1.165) is 31.7 Å². The van der Waals surface area contributed by atoms with E-state index in [-0.39, 0.29) is 0 Å². The van der Waals surface area contributed by atoms with Crippen molar-refractivity contribution < 1.29 is 13.6 Å². The van der Waals surface area contributed by atoms with E-state index in [0.29, 0.717) is 35.6 Å². The first-order valence-corrected chi connectivity index (χ1v) is 9.09. The van der Waals surface area contributed by atoms with Crippen LogP contribution < -0.4 is 9.64 Å². The van der Waals surface area contributed by atoms with Crippen LogP contribution in [0.1, 0.15) is 35.4 Å². The summed E-state index contributed by atoms with van der Waals surface area (Å²) >= 11 is 0. The van der Waals surface area contributed by atoms with Gasteiger partial charge in [-0.25, -0.2) is 0 Å². The Morgan fingerprint density at radius 2 is 1.93 bits per heavy atom. The van der Waals surface area contributed by atoms with E-state index in [1.54, 1.807) is 6.07 Å². The lowest BCUT2D eigenvalue weighted by Crippen LogP contribution is -2.17. The quantitative estimate of drug-likeness (QED) is 0.659. The topological polar surface area (TPSA) is 75.4 Å². The number of ether oxygens (including phenoxy) is 1. The zero-order chi connectivity index (χ0) is 18.8. The highest BCUT2D eigenvalue weighted by atomic mass is 16.5. The molecule has 0 aliphatic carbocycles. The number of aryl methyl sites for hydroxylation is 2. The van der Waals surface area contributed by atoms with E-state index in [4.69, 9.17) is 13.6 Å². The molecular weight excluding hydrogens is 342 g/mol. The van der Waals surface area contributed by atoms with Gasteiger partial charge in [0.1, 0.15) is 24.2 Å². The lowest BCUT2D eigenvalue weighted by Gasteiger charge is -2.12. The lowest BCUT2D eigenvalue weighted by molar-refractivity contribution is 0.271. The molecule has 27 heavy (non-hydrogen) atoms. The Labute approximate surface area is 158 Å². The van der Waals surface area contributed by atoms with Crippen LogP contribution in [0, 0.1) is 25.2 Å². The van der Waals surface area contributed by atoms with Crippen molar-refractivity contribution in [3.05, 3.63) is 52.9 Å². The molecule has 4 rings (SSSR count). The third kappa shape index (κ3) is 3.54. The highest BCUT2D eigenvalue weighted by molar-refractivity contribution is 5.56. The molecule has 6 nitrogen and oxygen atoms in total. The van der Waals surface area contributed by atoms with Crippen LogP contribution in [0.25, 0.3) is 11.7 Å². The summed E-state index contributed by atoms with van der Waals surface area (Å²) in [6.07, 6.45) is 2.20. The SMILES string of the molecule is Cc1ccc(OCc2ccc(-c3nc(C#N)c(N4CCCC4)o3)o2)cc1C. The summed E-state index contributed by atoms with van der Waals surface area (Å²) in [7, 11) is 0. The Balaban J connectivity index is 1.49. The summed E-state index contributed by atoms with van der Waals surface area (Å²) in [6.45, 7) is 6.21. The van der Waals surface area contributed by atoms with Crippen LogP contribution in [0.15, 0.2) is 39.2 Å². The first-order chi connectivity index (χ1) is 13.1. The van der Waals surface area contributed by atoms with Gasteiger partial charge in [0.15, 0.2) is 5.76 Å². The van der Waals surface area contributed by atoms with E-state index in [2.05, 4.69) is 29.8 Å². The first-order valence-electron chi connectivity index (χ1n) is 9.09. The molecule has 0 atom stereocenters. The zero-order valence-electron chi connectivity index (χ0n) is 15.5. The van der Waals surface area contributed by atoms with Gasteiger partial charge in [-0.1, -0.05) is 6.07 Å². The second-order valence-electron chi connectivity index (χ2n) is 6.78. The summed E-state index contributed by atoms with van der Waals surface area (Å²) < 4.78 is 17.5. The molecule has 0 saturated carbocycles. The van der Waals surface area contributed by atoms with E-state index < -0.39 is 0 Å². The average Bonchev–Trinajstić information content (AvgIpc) is 3.41. The number of nitriles is 1. The van der Waals surface area contributed by atoms with Crippen molar-refractivity contribution >= 4 is 5.88 Å². The number of hydrogen-bond donors (Lipinski definition) is 0. The third-order valence-electron chi connectivity index (χ3n) is 4.84. The van der Waals surface area contributed by atoms with E-state index in [9.17, 15) is 5.26 Å². The number of nitrogens with zero attached hydrogens (tertiary/aromatic N) is 3. The average molecular weight is 363 g/mol. The second-order valence-corrected chi connectivity index (χ2v) is 6.78. The number of oxazole rings is 1. The Morgan fingerprint density at radius 3 is 2.67 bits per heavy atom. The molecule has 0 spiro atoms. The minimum absolute atomic E-state index is 0.302. The van der Waals surface area contributed by atoms with Crippen molar-refractivity contribution in [3.63, 3.8) is 0 Å². The summed E-state index contributed by atoms with van der Waals surface area (Å²) in [5.74, 6) is 2.83. The summed E-state index contributed by atoms with van der Waals surface area (Å²) in [4.78, 5) is 6.35. The van der Waals surface area contributed by atoms with E-state index >= 15 is 0 Å². The molecule has 6 heteroatoms. The van der Waals surface area contributed by atoms with Gasteiger partial charge in [-0.3, -0.25) is 0 Å². The molecule has 0 radical (unpaired) electrons. The van der Waals surface area contributed by atoms with Crippen LogP contribution in [0.2, 0.25) is 0 Å². The summed E-state index contributed by atoms with van der Waals surface area (Å²) in [6, 6.07) is 11.7. The third-order valence-corrected chi connectivity index (χ3v) is 4.84. The minimum atomic E-state index is 0.302. The molecule has 0 amide bonds. The van der Waals surface area contributed by atoms with Gasteiger partial charge in [0, 0.05) is 13.1 Å². The molecular formula is C21H21N3O3. The number of hydrogen-bond acceptors (Lipinski definition) is 6. The number of furan rings is 1. The number of aromatic nitrogens is 1. The van der Waals surface area contributed by atoms with Crippen LogP contribution in [0.4, 0.5) is 5.88 Å². The molecule has 0 unspecified atom stereocenters. The predicted octanol–water partition coefficient (Wildman–Crippen LogP) is 4.60. The molecule has 2 aromatic heterocycles. The maximum Gasteiger partial charge on any atom is 0.266 e. The molecule has 3 heterocycles. The molecule has 1 fully saturated rings. The summed E-state index contributed by atoms with van der Waals surface area (Å²) in [5, 5.41) is 9.35. The summed E-state index contributed by atoms with van der Waals surface area (Å²) in [5.41, 5.74) is 2.72. The fourth-order valence-corrected chi connectivity index (χ4v) is 3.15. The number of rotatable bonds is 5. The van der Waals surface area contributed by atoms with Crippen molar-refractivity contribution in [3.8, 4) is 23.5 Å². The number of benzene rings is 1. The minimum Gasteiger partial charge on any atom is -0.486 e. The van der Waals surface area contributed by atoms with Crippen molar-refractivity contribution in [1.29, 1.82) is 5.26 Å². The standard InChI is InChI=1S/C21H21N3O3/c1-14-5-6-16(11-15(14)2)25-13-17-7-8-19(26-17)20-23-18(12-22)21(27-20)24-9-3-4-10-24/h5-8,11H,3-4,9-10,13H2,1-2H3. The largest absolute Gasteiger partial charge is 0.486 e. The molecule has 1 aliphatic rings. The van der Waals surface area contributed by atoms with Crippen molar-refractivity contribution in [1.82, 2.24) is 4.98 Å². The van der Waals surface area contributed by atoms with Gasteiger partial charge < -0.3 is 18.5 Å². The van der Waals surface area contributed by atoms with Gasteiger partial charge in [0.05, 0.1) is 0 Å². The Bertz CT molecular complexity index is 991. The fraction of sp³-hybridized carbons (Fsp3) is 0.333. The highest BCUT2D eigenvalue weighted by Crippen LogP contribution is 2.31. The van der Waals surface area contributed by atoms with Crippen LogP contribution in [0.5, 0.6) is 5.75 Å². The van der Waals surface area contributed by atoms with Crippen LogP contribution in [0.3, 0.4) is 0 Å². The number of anilines is 1. The van der Waals surface area contributed by atoms with Crippen molar-refractivity contribution in [2.75, 3.05) is 18.0 Å². The van der Waals surface area contributed by atoms with E-state index in [1.807, 2.05) is 24.3 Å². The Morgan fingerprint density at radius 1 is 1.11 bits per heavy atom. The van der Waals surface area contributed by atoms with Crippen molar-refractivity contribution in [2.45, 2.75) is 33.3 Å². The maximum atomic E-state index is 9.35. The van der Waals surface area contributed by atoms with Crippen molar-refractivity contribution in [2.24, 2.45) is 0 Å². The Kier molecular flexibility index (Phi) is 4.59. The zero-order valence-corrected chi connectivity index (χ0v) is 15.5. The van der Waals surface area contributed by atoms with Gasteiger partial charge in [0.2, 0.25) is 11.6 Å². The molecule has 138 valence electrons. The molecule has 1 saturated heterocycles. The second kappa shape index (κ2) is 7.20. The van der Waals surface area contributed by atoms with Crippen LogP contribution >= 0.6 is 0 Å². The molecule has 1 aromatic carbocycles. The predicted molar refractivity (Wildman–Crippen MR) is 101 cm³/mol. The molecule has 0 N–H and O–H groups in total. The Hall–Kier alpha value is -3.20. The monoisotopic (exact) mass is 363 g/mol.